The highest BCUT2D eigenvalue weighted by Gasteiger charge is 2.06. The van der Waals surface area contributed by atoms with Gasteiger partial charge < -0.3 is 9.84 Å². The van der Waals surface area contributed by atoms with E-state index in [1.165, 1.54) is 13.3 Å². The van der Waals surface area contributed by atoms with Gasteiger partial charge in [0.2, 0.25) is 0 Å². The molecule has 0 aliphatic heterocycles. The second kappa shape index (κ2) is 6.90. The van der Waals surface area contributed by atoms with Gasteiger partial charge in [-0.15, -0.1) is 0 Å². The number of hydrogen-bond acceptors (Lipinski definition) is 4. The molecule has 2 rings (SSSR count). The molecule has 6 heteroatoms. The first-order chi connectivity index (χ1) is 10.1. The molecule has 21 heavy (non-hydrogen) atoms. The Kier molecular flexibility index (Phi) is 4.94. The molecule has 0 heterocycles. The Labute approximate surface area is 130 Å². The smallest absolute Gasteiger partial charge is 0.271 e. The van der Waals surface area contributed by atoms with Gasteiger partial charge in [0.1, 0.15) is 0 Å². The lowest BCUT2D eigenvalue weighted by Gasteiger charge is -2.05. The molecule has 2 N–H and O–H groups in total. The molecule has 0 bridgehead atoms. The Hall–Kier alpha value is -2.34. The minimum atomic E-state index is -0.338. The van der Waals surface area contributed by atoms with Gasteiger partial charge in [-0.2, -0.15) is 5.10 Å². The first-order valence-electron chi connectivity index (χ1n) is 6.06. The summed E-state index contributed by atoms with van der Waals surface area (Å²) >= 11 is 3.30. The van der Waals surface area contributed by atoms with E-state index < -0.39 is 0 Å². The number of phenolic OH excluding ortho intramolecular Hbond substituents is 1. The maximum absolute atomic E-state index is 11.9. The summed E-state index contributed by atoms with van der Waals surface area (Å²) in [7, 11) is 1.46. The molecule has 5 nitrogen and oxygen atoms in total. The van der Waals surface area contributed by atoms with Crippen LogP contribution in [0.5, 0.6) is 11.5 Å². The first-order valence-corrected chi connectivity index (χ1v) is 6.86. The van der Waals surface area contributed by atoms with E-state index in [-0.39, 0.29) is 11.7 Å². The quantitative estimate of drug-likeness (QED) is 0.659. The molecule has 0 unspecified atom stereocenters. The van der Waals surface area contributed by atoms with E-state index in [0.717, 1.165) is 4.47 Å². The van der Waals surface area contributed by atoms with Crippen molar-refractivity contribution in [2.75, 3.05) is 7.11 Å². The molecule has 2 aromatic rings. The van der Waals surface area contributed by atoms with Gasteiger partial charge in [0.05, 0.1) is 13.3 Å². The molecule has 0 spiro atoms. The predicted molar refractivity (Wildman–Crippen MR) is 83.9 cm³/mol. The van der Waals surface area contributed by atoms with Gasteiger partial charge in [-0.3, -0.25) is 4.79 Å². The van der Waals surface area contributed by atoms with Crippen molar-refractivity contribution in [3.63, 3.8) is 0 Å². The lowest BCUT2D eigenvalue weighted by molar-refractivity contribution is 0.0955. The van der Waals surface area contributed by atoms with E-state index in [9.17, 15) is 9.90 Å². The number of ether oxygens (including phenoxy) is 1. The van der Waals surface area contributed by atoms with Crippen LogP contribution in [0, 0.1) is 0 Å². The normalized spacial score (nSPS) is 10.6. The second-order valence-electron chi connectivity index (χ2n) is 4.11. The summed E-state index contributed by atoms with van der Waals surface area (Å²) in [5.41, 5.74) is 3.33. The number of benzene rings is 2. The number of carbonyl (C=O) groups is 1. The van der Waals surface area contributed by atoms with Crippen LogP contribution in [-0.2, 0) is 0 Å². The standard InChI is InChI=1S/C15H13BrN2O3/c1-21-13-7-3-5-11(14(13)19)9-17-18-15(20)10-4-2-6-12(16)8-10/h2-9,19H,1H3,(H,18,20). The van der Waals surface area contributed by atoms with Gasteiger partial charge in [0.15, 0.2) is 11.5 Å². The molecule has 0 saturated carbocycles. The summed E-state index contributed by atoms with van der Waals surface area (Å²) in [5.74, 6) is -0.0207. The highest BCUT2D eigenvalue weighted by atomic mass is 79.9. The second-order valence-corrected chi connectivity index (χ2v) is 5.02. The van der Waals surface area contributed by atoms with Crippen LogP contribution in [0.3, 0.4) is 0 Å². The van der Waals surface area contributed by atoms with Gasteiger partial charge in [-0.05, 0) is 30.3 Å². The molecule has 0 aliphatic rings. The van der Waals surface area contributed by atoms with Crippen molar-refractivity contribution in [3.8, 4) is 11.5 Å². The SMILES string of the molecule is COc1cccc(C=NNC(=O)c2cccc(Br)c2)c1O. The highest BCUT2D eigenvalue weighted by Crippen LogP contribution is 2.27. The van der Waals surface area contributed by atoms with E-state index in [0.29, 0.717) is 16.9 Å². The number of hydrogen-bond donors (Lipinski definition) is 2. The number of para-hydroxylation sites is 1. The predicted octanol–water partition coefficient (Wildman–Crippen LogP) is 2.93. The van der Waals surface area contributed by atoms with Crippen molar-refractivity contribution < 1.29 is 14.6 Å². The lowest BCUT2D eigenvalue weighted by atomic mass is 10.2. The van der Waals surface area contributed by atoms with Crippen molar-refractivity contribution in [3.05, 3.63) is 58.1 Å². The molecule has 0 fully saturated rings. The molecule has 1 amide bonds. The molecule has 0 saturated heterocycles. The lowest BCUT2D eigenvalue weighted by Crippen LogP contribution is -2.17. The number of methoxy groups -OCH3 is 1. The van der Waals surface area contributed by atoms with Crippen molar-refractivity contribution in [2.24, 2.45) is 5.10 Å². The Balaban J connectivity index is 2.07. The summed E-state index contributed by atoms with van der Waals surface area (Å²) in [5, 5.41) is 13.7. The van der Waals surface area contributed by atoms with Gasteiger partial charge >= 0.3 is 0 Å². The van der Waals surface area contributed by atoms with E-state index in [4.69, 9.17) is 4.74 Å². The number of amides is 1. The van der Waals surface area contributed by atoms with Gasteiger partial charge in [-0.1, -0.05) is 28.1 Å². The number of rotatable bonds is 4. The minimum absolute atomic E-state index is 0.0274. The first kappa shape index (κ1) is 15.1. The summed E-state index contributed by atoms with van der Waals surface area (Å²) in [4.78, 5) is 11.9. The molecule has 108 valence electrons. The van der Waals surface area contributed by atoms with Gasteiger partial charge in [-0.25, -0.2) is 5.43 Å². The largest absolute Gasteiger partial charge is 0.504 e. The average molecular weight is 349 g/mol. The number of hydrazone groups is 1. The minimum Gasteiger partial charge on any atom is -0.504 e. The number of nitrogens with zero attached hydrogens (tertiary/aromatic N) is 1. The Morgan fingerprint density at radius 2 is 2.10 bits per heavy atom. The molecule has 0 aromatic heterocycles. The fourth-order valence-corrected chi connectivity index (χ4v) is 2.06. The Bertz CT molecular complexity index is 686. The van der Waals surface area contributed by atoms with Crippen LogP contribution in [0.4, 0.5) is 0 Å². The van der Waals surface area contributed by atoms with E-state index in [1.807, 2.05) is 6.07 Å². The number of aromatic hydroxyl groups is 1. The highest BCUT2D eigenvalue weighted by molar-refractivity contribution is 9.10. The summed E-state index contributed by atoms with van der Waals surface area (Å²) in [6.45, 7) is 0. The third-order valence-corrected chi connectivity index (χ3v) is 3.20. The summed E-state index contributed by atoms with van der Waals surface area (Å²) in [6.07, 6.45) is 1.35. The zero-order valence-corrected chi connectivity index (χ0v) is 12.8. The third-order valence-electron chi connectivity index (χ3n) is 2.71. The van der Waals surface area contributed by atoms with Crippen molar-refractivity contribution in [1.82, 2.24) is 5.43 Å². The maximum Gasteiger partial charge on any atom is 0.271 e. The summed E-state index contributed by atoms with van der Waals surface area (Å²) in [6, 6.07) is 12.0. The molecule has 2 aromatic carbocycles. The van der Waals surface area contributed by atoms with Crippen molar-refractivity contribution in [2.45, 2.75) is 0 Å². The molecular weight excluding hydrogens is 336 g/mol. The van der Waals surface area contributed by atoms with Crippen molar-refractivity contribution >= 4 is 28.1 Å². The third kappa shape index (κ3) is 3.82. The Morgan fingerprint density at radius 1 is 1.33 bits per heavy atom. The number of halogens is 1. The van der Waals surface area contributed by atoms with Gasteiger partial charge in [0, 0.05) is 15.6 Å². The van der Waals surface area contributed by atoms with Crippen molar-refractivity contribution in [1.29, 1.82) is 0 Å². The molecular formula is C15H13BrN2O3. The van der Waals surface area contributed by atoms with Crippen LogP contribution in [0.2, 0.25) is 0 Å². The van der Waals surface area contributed by atoms with E-state index >= 15 is 0 Å². The number of carbonyl (C=O) groups excluding carboxylic acids is 1. The topological polar surface area (TPSA) is 70.9 Å². The summed E-state index contributed by atoms with van der Waals surface area (Å²) < 4.78 is 5.80. The van der Waals surface area contributed by atoms with Crippen LogP contribution in [0.25, 0.3) is 0 Å². The maximum atomic E-state index is 11.9. The number of nitrogens with one attached hydrogen (secondary N) is 1. The van der Waals surface area contributed by atoms with Crippen LogP contribution in [-0.4, -0.2) is 24.3 Å². The van der Waals surface area contributed by atoms with Crippen LogP contribution in [0.1, 0.15) is 15.9 Å². The van der Waals surface area contributed by atoms with Crippen LogP contribution >= 0.6 is 15.9 Å². The van der Waals surface area contributed by atoms with Crippen LogP contribution in [0.15, 0.2) is 52.0 Å². The fraction of sp³-hybridized carbons (Fsp3) is 0.0667. The Morgan fingerprint density at radius 3 is 2.81 bits per heavy atom. The molecule has 0 atom stereocenters. The zero-order valence-electron chi connectivity index (χ0n) is 11.2. The van der Waals surface area contributed by atoms with E-state index in [2.05, 4.69) is 26.5 Å². The molecule has 0 radical (unpaired) electrons. The van der Waals surface area contributed by atoms with Gasteiger partial charge in [0.25, 0.3) is 5.91 Å². The van der Waals surface area contributed by atoms with E-state index in [1.54, 1.807) is 36.4 Å². The van der Waals surface area contributed by atoms with Crippen LogP contribution < -0.4 is 10.2 Å². The fourth-order valence-electron chi connectivity index (χ4n) is 1.66. The average Bonchev–Trinajstić information content (AvgIpc) is 2.49. The molecule has 0 aliphatic carbocycles. The monoisotopic (exact) mass is 348 g/mol. The zero-order chi connectivity index (χ0) is 15.2. The number of phenols is 1.